The zero-order valence-corrected chi connectivity index (χ0v) is 14.4. The lowest BCUT2D eigenvalue weighted by Gasteiger charge is -2.03. The van der Waals surface area contributed by atoms with Gasteiger partial charge in [-0.15, -0.1) is 0 Å². The van der Waals surface area contributed by atoms with E-state index in [2.05, 4.69) is 10.1 Å². The van der Waals surface area contributed by atoms with Gasteiger partial charge in [0.2, 0.25) is 5.82 Å². The molecule has 0 spiro atoms. The number of aromatic nitrogens is 2. The number of nitrogens with zero attached hydrogens (tertiary/aromatic N) is 2. The van der Waals surface area contributed by atoms with Gasteiger partial charge in [0, 0.05) is 0 Å². The van der Waals surface area contributed by atoms with E-state index >= 15 is 0 Å². The summed E-state index contributed by atoms with van der Waals surface area (Å²) in [7, 11) is 1.55. The number of halogens is 2. The monoisotopic (exact) mass is 378 g/mol. The number of benzene rings is 2. The maximum Gasteiger partial charge on any atom is 0.269 e. The van der Waals surface area contributed by atoms with Crippen molar-refractivity contribution in [2.75, 3.05) is 7.11 Å². The Morgan fingerprint density at radius 1 is 1.24 bits per heavy atom. The highest BCUT2D eigenvalue weighted by atomic mass is 35.5. The number of aromatic hydroxyl groups is 2. The highest BCUT2D eigenvalue weighted by Crippen LogP contribution is 2.36. The zero-order chi connectivity index (χ0) is 18.0. The number of hydrogen-bond acceptors (Lipinski definition) is 6. The molecule has 1 aromatic heterocycles. The van der Waals surface area contributed by atoms with E-state index in [4.69, 9.17) is 32.5 Å². The van der Waals surface area contributed by atoms with Gasteiger partial charge in [0.15, 0.2) is 11.5 Å². The standard InChI is InChI=1S/C17H12Cl2N2O4/c1-24-14-5-3-2-4-10(14)16-20-17(25-21-16)12(19)7-9-6-11(18)15(23)13(22)8-9/h2-8,22-23H,1H3/b12-7-. The topological polar surface area (TPSA) is 88.6 Å². The van der Waals surface area contributed by atoms with Gasteiger partial charge in [-0.2, -0.15) is 4.98 Å². The second kappa shape index (κ2) is 7.04. The van der Waals surface area contributed by atoms with Crippen molar-refractivity contribution in [2.45, 2.75) is 0 Å². The van der Waals surface area contributed by atoms with Crippen LogP contribution in [0.2, 0.25) is 5.02 Å². The summed E-state index contributed by atoms with van der Waals surface area (Å²) in [6.07, 6.45) is 1.48. The fourth-order valence-corrected chi connectivity index (χ4v) is 2.58. The van der Waals surface area contributed by atoms with Crippen LogP contribution in [0.3, 0.4) is 0 Å². The molecule has 8 heteroatoms. The summed E-state index contributed by atoms with van der Waals surface area (Å²) in [4.78, 5) is 4.24. The lowest BCUT2D eigenvalue weighted by Crippen LogP contribution is -1.88. The van der Waals surface area contributed by atoms with Crippen molar-refractivity contribution >= 4 is 34.3 Å². The Labute approximate surface area is 152 Å². The Kier molecular flexibility index (Phi) is 4.83. The maximum absolute atomic E-state index is 9.60. The molecule has 0 saturated heterocycles. The molecule has 6 nitrogen and oxygen atoms in total. The lowest BCUT2D eigenvalue weighted by atomic mass is 10.2. The molecule has 2 N–H and O–H groups in total. The van der Waals surface area contributed by atoms with Crippen molar-refractivity contribution in [3.05, 3.63) is 52.9 Å². The van der Waals surface area contributed by atoms with Crippen LogP contribution in [0.25, 0.3) is 22.5 Å². The van der Waals surface area contributed by atoms with Crippen LogP contribution >= 0.6 is 23.2 Å². The smallest absolute Gasteiger partial charge is 0.269 e. The summed E-state index contributed by atoms with van der Waals surface area (Å²) >= 11 is 12.0. The fraction of sp³-hybridized carbons (Fsp3) is 0.0588. The summed E-state index contributed by atoms with van der Waals surface area (Å²) < 4.78 is 10.4. The molecule has 0 unspecified atom stereocenters. The molecule has 0 aliphatic rings. The molecule has 1 heterocycles. The molecule has 0 aliphatic heterocycles. The molecule has 0 radical (unpaired) electrons. The minimum atomic E-state index is -0.397. The summed E-state index contributed by atoms with van der Waals surface area (Å²) in [5.74, 6) is 0.261. The van der Waals surface area contributed by atoms with E-state index in [0.29, 0.717) is 22.7 Å². The number of ether oxygens (including phenoxy) is 1. The average Bonchev–Trinajstić information content (AvgIpc) is 3.09. The first-order valence-corrected chi connectivity index (χ1v) is 7.81. The SMILES string of the molecule is COc1ccccc1-c1noc(/C(Cl)=C/c2cc(O)c(O)c(Cl)c2)n1. The van der Waals surface area contributed by atoms with Gasteiger partial charge in [0.05, 0.1) is 17.7 Å². The second-order valence-electron chi connectivity index (χ2n) is 4.99. The first-order valence-electron chi connectivity index (χ1n) is 7.05. The highest BCUT2D eigenvalue weighted by Gasteiger charge is 2.15. The third-order valence-electron chi connectivity index (χ3n) is 3.34. The number of methoxy groups -OCH3 is 1. The molecule has 25 heavy (non-hydrogen) atoms. The summed E-state index contributed by atoms with van der Waals surface area (Å²) in [5.41, 5.74) is 1.12. The van der Waals surface area contributed by atoms with Crippen LogP contribution < -0.4 is 4.74 Å². The van der Waals surface area contributed by atoms with Gasteiger partial charge in [-0.3, -0.25) is 0 Å². The normalized spacial score (nSPS) is 11.6. The molecule has 3 aromatic rings. The molecule has 128 valence electrons. The fourth-order valence-electron chi connectivity index (χ4n) is 2.16. The quantitative estimate of drug-likeness (QED) is 0.647. The van der Waals surface area contributed by atoms with E-state index in [-0.39, 0.29) is 21.7 Å². The Balaban J connectivity index is 1.94. The van der Waals surface area contributed by atoms with Gasteiger partial charge in [0.25, 0.3) is 5.89 Å². The molecule has 0 amide bonds. The minimum Gasteiger partial charge on any atom is -0.504 e. The number of phenols is 2. The largest absolute Gasteiger partial charge is 0.504 e. The molecule has 0 bridgehead atoms. The van der Waals surface area contributed by atoms with Crippen molar-refractivity contribution < 1.29 is 19.5 Å². The summed E-state index contributed by atoms with van der Waals surface area (Å²) in [5, 5.41) is 23.1. The number of para-hydroxylation sites is 1. The highest BCUT2D eigenvalue weighted by molar-refractivity contribution is 6.50. The molecule has 2 aromatic carbocycles. The van der Waals surface area contributed by atoms with E-state index in [9.17, 15) is 10.2 Å². The van der Waals surface area contributed by atoms with Crippen LogP contribution in [0.1, 0.15) is 11.5 Å². The van der Waals surface area contributed by atoms with E-state index in [0.717, 1.165) is 0 Å². The Bertz CT molecular complexity index is 930. The Morgan fingerprint density at radius 3 is 2.72 bits per heavy atom. The van der Waals surface area contributed by atoms with Crippen LogP contribution in [-0.2, 0) is 0 Å². The van der Waals surface area contributed by atoms with E-state index in [1.165, 1.54) is 18.2 Å². The van der Waals surface area contributed by atoms with Crippen molar-refractivity contribution in [3.8, 4) is 28.6 Å². The maximum atomic E-state index is 9.60. The molecule has 0 aliphatic carbocycles. The molecule has 0 atom stereocenters. The van der Waals surface area contributed by atoms with Crippen LogP contribution in [-0.4, -0.2) is 27.5 Å². The van der Waals surface area contributed by atoms with Crippen LogP contribution in [0, 0.1) is 0 Å². The number of rotatable bonds is 4. The molecule has 0 fully saturated rings. The van der Waals surface area contributed by atoms with Crippen LogP contribution in [0.4, 0.5) is 0 Å². The zero-order valence-electron chi connectivity index (χ0n) is 12.9. The summed E-state index contributed by atoms with van der Waals surface area (Å²) in [6, 6.07) is 9.98. The first-order chi connectivity index (χ1) is 12.0. The van der Waals surface area contributed by atoms with Gasteiger partial charge in [-0.1, -0.05) is 40.5 Å². The summed E-state index contributed by atoms with van der Waals surface area (Å²) in [6.45, 7) is 0. The Morgan fingerprint density at radius 2 is 2.00 bits per heavy atom. The van der Waals surface area contributed by atoms with Gasteiger partial charge in [-0.05, 0) is 35.9 Å². The van der Waals surface area contributed by atoms with Crippen molar-refractivity contribution in [3.63, 3.8) is 0 Å². The predicted octanol–water partition coefficient (Wildman–Crippen LogP) is 4.55. The number of phenolic OH excluding ortho intramolecular Hbond substituents is 2. The molecule has 0 saturated carbocycles. The lowest BCUT2D eigenvalue weighted by molar-refractivity contribution is 0.404. The van der Waals surface area contributed by atoms with E-state index < -0.39 is 5.75 Å². The number of hydrogen-bond donors (Lipinski definition) is 2. The third kappa shape index (κ3) is 3.55. The average molecular weight is 379 g/mol. The minimum absolute atomic E-state index is 0.00374. The van der Waals surface area contributed by atoms with Gasteiger partial charge in [-0.25, -0.2) is 0 Å². The first kappa shape index (κ1) is 17.1. The molecular formula is C17H12Cl2N2O4. The van der Waals surface area contributed by atoms with E-state index in [1.807, 2.05) is 12.1 Å². The van der Waals surface area contributed by atoms with Gasteiger partial charge >= 0.3 is 0 Å². The molecule has 3 rings (SSSR count). The van der Waals surface area contributed by atoms with E-state index in [1.54, 1.807) is 19.2 Å². The van der Waals surface area contributed by atoms with Gasteiger partial charge < -0.3 is 19.5 Å². The Hall–Kier alpha value is -2.70. The van der Waals surface area contributed by atoms with Crippen molar-refractivity contribution in [1.29, 1.82) is 0 Å². The van der Waals surface area contributed by atoms with Crippen molar-refractivity contribution in [1.82, 2.24) is 10.1 Å². The second-order valence-corrected chi connectivity index (χ2v) is 5.80. The van der Waals surface area contributed by atoms with Crippen LogP contribution in [0.5, 0.6) is 17.2 Å². The molecular weight excluding hydrogens is 367 g/mol. The predicted molar refractivity (Wildman–Crippen MR) is 94.8 cm³/mol. The third-order valence-corrected chi connectivity index (χ3v) is 3.90. The van der Waals surface area contributed by atoms with Crippen LogP contribution in [0.15, 0.2) is 40.9 Å². The van der Waals surface area contributed by atoms with Crippen molar-refractivity contribution in [2.24, 2.45) is 0 Å². The van der Waals surface area contributed by atoms with Gasteiger partial charge in [0.1, 0.15) is 10.8 Å².